The summed E-state index contributed by atoms with van der Waals surface area (Å²) in [5, 5.41) is 3.55. The first-order valence-electron chi connectivity index (χ1n) is 8.05. The van der Waals surface area contributed by atoms with Crippen molar-refractivity contribution in [1.82, 2.24) is 5.32 Å². The van der Waals surface area contributed by atoms with Gasteiger partial charge in [0.2, 0.25) is 0 Å². The van der Waals surface area contributed by atoms with Crippen LogP contribution in [-0.4, -0.2) is 12.0 Å². The van der Waals surface area contributed by atoms with Crippen LogP contribution in [0.4, 0.5) is 0 Å². The average molecular weight is 346 g/mol. The van der Waals surface area contributed by atoms with Crippen LogP contribution in [0.2, 0.25) is 5.02 Å². The lowest BCUT2D eigenvalue weighted by molar-refractivity contribution is -0.127. The van der Waals surface area contributed by atoms with Gasteiger partial charge in [-0.05, 0) is 47.7 Å². The standard InChI is InChI=1S/C20H24ClNO2/c1-14(19(23)22-13-15-5-9-17(21)10-6-15)24-18-11-7-16(8-12-18)20(2,3)4/h5-12,14H,13H2,1-4H3,(H,22,23)/t14-/m1/s1. The zero-order valence-electron chi connectivity index (χ0n) is 14.6. The van der Waals surface area contributed by atoms with E-state index in [0.29, 0.717) is 17.3 Å². The van der Waals surface area contributed by atoms with Gasteiger partial charge in [-0.2, -0.15) is 0 Å². The maximum absolute atomic E-state index is 12.2. The number of carbonyl (C=O) groups excluding carboxylic acids is 1. The average Bonchev–Trinajstić information content (AvgIpc) is 2.53. The largest absolute Gasteiger partial charge is 0.481 e. The highest BCUT2D eigenvalue weighted by molar-refractivity contribution is 6.30. The molecule has 1 atom stereocenters. The van der Waals surface area contributed by atoms with Gasteiger partial charge in [-0.25, -0.2) is 0 Å². The van der Waals surface area contributed by atoms with Crippen LogP contribution in [0.5, 0.6) is 5.75 Å². The second kappa shape index (κ2) is 7.71. The molecule has 0 saturated carbocycles. The summed E-state index contributed by atoms with van der Waals surface area (Å²) in [5.41, 5.74) is 2.32. The van der Waals surface area contributed by atoms with Gasteiger partial charge in [-0.3, -0.25) is 4.79 Å². The van der Waals surface area contributed by atoms with Crippen molar-refractivity contribution < 1.29 is 9.53 Å². The molecule has 0 aliphatic carbocycles. The molecule has 0 radical (unpaired) electrons. The van der Waals surface area contributed by atoms with Gasteiger partial charge in [0.15, 0.2) is 6.10 Å². The Labute approximate surface area is 149 Å². The molecule has 0 bridgehead atoms. The highest BCUT2D eigenvalue weighted by Gasteiger charge is 2.16. The summed E-state index contributed by atoms with van der Waals surface area (Å²) in [6, 6.07) is 15.3. The number of carbonyl (C=O) groups is 1. The van der Waals surface area contributed by atoms with Crippen molar-refractivity contribution in [3.63, 3.8) is 0 Å². The SMILES string of the molecule is C[C@@H](Oc1ccc(C(C)(C)C)cc1)C(=O)NCc1ccc(Cl)cc1. The van der Waals surface area contributed by atoms with Crippen LogP contribution < -0.4 is 10.1 Å². The Balaban J connectivity index is 1.88. The van der Waals surface area contributed by atoms with E-state index in [-0.39, 0.29) is 11.3 Å². The molecule has 0 aliphatic heterocycles. The Hall–Kier alpha value is -2.00. The molecule has 2 rings (SSSR count). The number of rotatable bonds is 5. The number of ether oxygens (including phenoxy) is 1. The first-order valence-corrected chi connectivity index (χ1v) is 8.43. The van der Waals surface area contributed by atoms with E-state index in [4.69, 9.17) is 16.3 Å². The summed E-state index contributed by atoms with van der Waals surface area (Å²) in [7, 11) is 0. The third-order valence-electron chi connectivity index (χ3n) is 3.78. The molecule has 24 heavy (non-hydrogen) atoms. The third kappa shape index (κ3) is 5.27. The lowest BCUT2D eigenvalue weighted by Crippen LogP contribution is -2.35. The second-order valence-corrected chi connectivity index (χ2v) is 7.32. The van der Waals surface area contributed by atoms with Crippen LogP contribution in [-0.2, 0) is 16.8 Å². The topological polar surface area (TPSA) is 38.3 Å². The van der Waals surface area contributed by atoms with E-state index in [2.05, 4.69) is 26.1 Å². The maximum Gasteiger partial charge on any atom is 0.261 e. The second-order valence-electron chi connectivity index (χ2n) is 6.88. The lowest BCUT2D eigenvalue weighted by atomic mass is 9.87. The Bertz CT molecular complexity index is 672. The molecule has 0 saturated heterocycles. The zero-order chi connectivity index (χ0) is 17.7. The number of amides is 1. The van der Waals surface area contributed by atoms with Crippen LogP contribution in [0, 0.1) is 0 Å². The zero-order valence-corrected chi connectivity index (χ0v) is 15.4. The number of benzene rings is 2. The van der Waals surface area contributed by atoms with Crippen molar-refractivity contribution in [1.29, 1.82) is 0 Å². The molecule has 0 aliphatic rings. The van der Waals surface area contributed by atoms with Gasteiger partial charge < -0.3 is 10.1 Å². The highest BCUT2D eigenvalue weighted by Crippen LogP contribution is 2.24. The predicted octanol–water partition coefficient (Wildman–Crippen LogP) is 4.72. The molecule has 0 aromatic heterocycles. The number of hydrogen-bond acceptors (Lipinski definition) is 2. The summed E-state index contributed by atoms with van der Waals surface area (Å²) in [6.07, 6.45) is -0.558. The normalized spacial score (nSPS) is 12.5. The minimum Gasteiger partial charge on any atom is -0.481 e. The van der Waals surface area contributed by atoms with Crippen molar-refractivity contribution in [2.75, 3.05) is 0 Å². The Kier molecular flexibility index (Phi) is 5.89. The molecule has 0 unspecified atom stereocenters. The minimum atomic E-state index is -0.558. The molecule has 3 nitrogen and oxygen atoms in total. The van der Waals surface area contributed by atoms with Crippen LogP contribution >= 0.6 is 11.6 Å². The molecule has 2 aromatic carbocycles. The van der Waals surface area contributed by atoms with Crippen LogP contribution in [0.15, 0.2) is 48.5 Å². The third-order valence-corrected chi connectivity index (χ3v) is 4.03. The lowest BCUT2D eigenvalue weighted by Gasteiger charge is -2.20. The fraction of sp³-hybridized carbons (Fsp3) is 0.350. The van der Waals surface area contributed by atoms with Crippen molar-refractivity contribution in [2.24, 2.45) is 0 Å². The highest BCUT2D eigenvalue weighted by atomic mass is 35.5. The van der Waals surface area contributed by atoms with Crippen molar-refractivity contribution in [3.05, 3.63) is 64.7 Å². The van der Waals surface area contributed by atoms with Gasteiger partial charge >= 0.3 is 0 Å². The quantitative estimate of drug-likeness (QED) is 0.851. The smallest absolute Gasteiger partial charge is 0.261 e. The first-order chi connectivity index (χ1) is 11.3. The summed E-state index contributed by atoms with van der Waals surface area (Å²) in [6.45, 7) is 8.68. The molecule has 128 valence electrons. The molecular formula is C20H24ClNO2. The fourth-order valence-corrected chi connectivity index (χ4v) is 2.35. The van der Waals surface area contributed by atoms with E-state index >= 15 is 0 Å². The number of halogens is 1. The van der Waals surface area contributed by atoms with E-state index in [1.165, 1.54) is 5.56 Å². The molecule has 4 heteroatoms. The Morgan fingerprint density at radius 1 is 1.08 bits per heavy atom. The van der Waals surface area contributed by atoms with E-state index in [0.717, 1.165) is 5.56 Å². The maximum atomic E-state index is 12.2. The van der Waals surface area contributed by atoms with Crippen LogP contribution in [0.1, 0.15) is 38.8 Å². The van der Waals surface area contributed by atoms with Gasteiger partial charge in [-0.1, -0.05) is 56.6 Å². The molecule has 0 heterocycles. The monoisotopic (exact) mass is 345 g/mol. The van der Waals surface area contributed by atoms with E-state index < -0.39 is 6.10 Å². The van der Waals surface area contributed by atoms with E-state index in [1.54, 1.807) is 19.1 Å². The Morgan fingerprint density at radius 3 is 2.21 bits per heavy atom. The predicted molar refractivity (Wildman–Crippen MR) is 98.5 cm³/mol. The van der Waals surface area contributed by atoms with Gasteiger partial charge in [0.1, 0.15) is 5.75 Å². The van der Waals surface area contributed by atoms with Gasteiger partial charge in [0.05, 0.1) is 0 Å². The number of hydrogen-bond donors (Lipinski definition) is 1. The molecule has 0 spiro atoms. The molecule has 1 amide bonds. The van der Waals surface area contributed by atoms with Gasteiger partial charge in [-0.15, -0.1) is 0 Å². The molecular weight excluding hydrogens is 322 g/mol. The van der Waals surface area contributed by atoms with Crippen LogP contribution in [0.3, 0.4) is 0 Å². The Morgan fingerprint density at radius 2 is 1.67 bits per heavy atom. The summed E-state index contributed by atoms with van der Waals surface area (Å²) < 4.78 is 5.72. The van der Waals surface area contributed by atoms with Crippen molar-refractivity contribution in [3.8, 4) is 5.75 Å². The van der Waals surface area contributed by atoms with Crippen molar-refractivity contribution in [2.45, 2.75) is 45.8 Å². The summed E-state index contributed by atoms with van der Waals surface area (Å²) in [5.74, 6) is 0.544. The number of nitrogens with one attached hydrogen (secondary N) is 1. The van der Waals surface area contributed by atoms with E-state index in [9.17, 15) is 4.79 Å². The van der Waals surface area contributed by atoms with Gasteiger partial charge in [0.25, 0.3) is 5.91 Å². The molecule has 1 N–H and O–H groups in total. The summed E-state index contributed by atoms with van der Waals surface area (Å²) >= 11 is 5.85. The van der Waals surface area contributed by atoms with Crippen LogP contribution in [0.25, 0.3) is 0 Å². The summed E-state index contributed by atoms with van der Waals surface area (Å²) in [4.78, 5) is 12.2. The fourth-order valence-electron chi connectivity index (χ4n) is 2.23. The van der Waals surface area contributed by atoms with Gasteiger partial charge in [0, 0.05) is 11.6 Å². The minimum absolute atomic E-state index is 0.0973. The first kappa shape index (κ1) is 18.3. The molecule has 2 aromatic rings. The van der Waals surface area contributed by atoms with Crippen molar-refractivity contribution >= 4 is 17.5 Å². The van der Waals surface area contributed by atoms with E-state index in [1.807, 2.05) is 36.4 Å². The molecule has 0 fully saturated rings.